The summed E-state index contributed by atoms with van der Waals surface area (Å²) in [4.78, 5) is 23.3. The minimum absolute atomic E-state index is 0.0404. The van der Waals surface area contributed by atoms with E-state index in [0.717, 1.165) is 0 Å². The Kier molecular flexibility index (Phi) is 6.17. The third kappa shape index (κ3) is 4.41. The molecular weight excluding hydrogens is 312 g/mol. The number of halogens is 3. The summed E-state index contributed by atoms with van der Waals surface area (Å²) in [6, 6.07) is 0. The number of ether oxygens (including phenoxy) is 1. The number of carbonyl (C=O) groups excluding carboxylic acids is 2. The van der Waals surface area contributed by atoms with E-state index < -0.39 is 29.8 Å². The van der Waals surface area contributed by atoms with Crippen LogP contribution in [-0.2, 0) is 14.3 Å². The Hall–Kier alpha value is -0.710. The topological polar surface area (TPSA) is 69.4 Å². The Balaban J connectivity index is 2.74. The van der Waals surface area contributed by atoms with Crippen molar-refractivity contribution in [3.05, 3.63) is 21.7 Å². The number of primary amides is 1. The SMILES string of the molecule is C[C@H](OC(=O)[C@@H]1CC=CC[C@@H]1C(N)=O)C(Cl)=C(Cl)Cl. The zero-order valence-electron chi connectivity index (χ0n) is 10.2. The predicted octanol–water partition coefficient (Wildman–Crippen LogP) is 2.87. The monoisotopic (exact) mass is 325 g/mol. The van der Waals surface area contributed by atoms with Crippen molar-refractivity contribution in [1.82, 2.24) is 0 Å². The van der Waals surface area contributed by atoms with Gasteiger partial charge in [-0.05, 0) is 19.8 Å². The molecule has 0 saturated heterocycles. The van der Waals surface area contributed by atoms with Gasteiger partial charge in [-0.3, -0.25) is 9.59 Å². The van der Waals surface area contributed by atoms with Crippen LogP contribution in [0.4, 0.5) is 0 Å². The fraction of sp³-hybridized carbons (Fsp3) is 0.500. The van der Waals surface area contributed by atoms with Gasteiger partial charge in [-0.2, -0.15) is 0 Å². The van der Waals surface area contributed by atoms with Gasteiger partial charge in [-0.25, -0.2) is 0 Å². The van der Waals surface area contributed by atoms with Crippen LogP contribution in [-0.4, -0.2) is 18.0 Å². The third-order valence-corrected chi connectivity index (χ3v) is 4.03. The Morgan fingerprint density at radius 1 is 1.21 bits per heavy atom. The van der Waals surface area contributed by atoms with E-state index in [-0.39, 0.29) is 9.52 Å². The van der Waals surface area contributed by atoms with Crippen molar-refractivity contribution in [2.45, 2.75) is 25.9 Å². The summed E-state index contributed by atoms with van der Waals surface area (Å²) in [6.07, 6.45) is 3.73. The molecule has 0 aromatic carbocycles. The predicted molar refractivity (Wildman–Crippen MR) is 74.7 cm³/mol. The number of allylic oxidation sites excluding steroid dienone is 2. The van der Waals surface area contributed by atoms with Crippen molar-refractivity contribution in [2.75, 3.05) is 0 Å². The lowest BCUT2D eigenvalue weighted by Gasteiger charge is -2.25. The second-order valence-corrected chi connectivity index (χ2v) is 5.60. The van der Waals surface area contributed by atoms with Crippen LogP contribution < -0.4 is 5.73 Å². The number of rotatable bonds is 4. The van der Waals surface area contributed by atoms with E-state index in [1.165, 1.54) is 0 Å². The van der Waals surface area contributed by atoms with Crippen LogP contribution in [0.2, 0.25) is 0 Å². The van der Waals surface area contributed by atoms with Gasteiger partial charge in [0.1, 0.15) is 10.6 Å². The molecule has 0 spiro atoms. The molecule has 1 aliphatic rings. The molecule has 0 saturated carbocycles. The van der Waals surface area contributed by atoms with Gasteiger partial charge in [0.25, 0.3) is 0 Å². The van der Waals surface area contributed by atoms with Crippen molar-refractivity contribution >= 4 is 46.7 Å². The van der Waals surface area contributed by atoms with E-state index in [1.54, 1.807) is 6.92 Å². The highest BCUT2D eigenvalue weighted by molar-refractivity contribution is 6.59. The van der Waals surface area contributed by atoms with Crippen LogP contribution in [0.5, 0.6) is 0 Å². The number of nitrogens with two attached hydrogens (primary N) is 1. The van der Waals surface area contributed by atoms with Crippen molar-refractivity contribution in [2.24, 2.45) is 17.6 Å². The number of hydrogen-bond acceptors (Lipinski definition) is 3. The molecule has 106 valence electrons. The lowest BCUT2D eigenvalue weighted by atomic mass is 9.82. The summed E-state index contributed by atoms with van der Waals surface area (Å²) >= 11 is 16.8. The fourth-order valence-electron chi connectivity index (χ4n) is 1.86. The molecule has 0 aromatic heterocycles. The van der Waals surface area contributed by atoms with Crippen molar-refractivity contribution in [3.8, 4) is 0 Å². The minimum Gasteiger partial charge on any atom is -0.457 e. The van der Waals surface area contributed by atoms with Gasteiger partial charge < -0.3 is 10.5 Å². The molecule has 0 aliphatic heterocycles. The zero-order valence-corrected chi connectivity index (χ0v) is 12.5. The van der Waals surface area contributed by atoms with E-state index in [1.807, 2.05) is 12.2 Å². The van der Waals surface area contributed by atoms with Gasteiger partial charge >= 0.3 is 5.97 Å². The molecular formula is C12H14Cl3NO3. The van der Waals surface area contributed by atoms with E-state index in [0.29, 0.717) is 12.8 Å². The first kappa shape index (κ1) is 16.3. The molecule has 2 N–H and O–H groups in total. The summed E-state index contributed by atoms with van der Waals surface area (Å²) < 4.78 is 5.00. The van der Waals surface area contributed by atoms with Crippen LogP contribution >= 0.6 is 34.8 Å². The van der Waals surface area contributed by atoms with Crippen molar-refractivity contribution in [1.29, 1.82) is 0 Å². The number of esters is 1. The number of carbonyl (C=O) groups is 2. The normalized spacial score (nSPS) is 23.6. The molecule has 1 rings (SSSR count). The van der Waals surface area contributed by atoms with Gasteiger partial charge in [0.15, 0.2) is 0 Å². The average Bonchev–Trinajstić information content (AvgIpc) is 2.37. The highest BCUT2D eigenvalue weighted by Gasteiger charge is 2.34. The molecule has 0 radical (unpaired) electrons. The fourth-order valence-corrected chi connectivity index (χ4v) is 2.21. The molecule has 0 fully saturated rings. The molecule has 0 unspecified atom stereocenters. The molecule has 19 heavy (non-hydrogen) atoms. The smallest absolute Gasteiger partial charge is 0.310 e. The maximum Gasteiger partial charge on any atom is 0.310 e. The summed E-state index contributed by atoms with van der Waals surface area (Å²) in [5, 5.41) is 0.0404. The quantitative estimate of drug-likeness (QED) is 0.638. The van der Waals surface area contributed by atoms with E-state index in [4.69, 9.17) is 45.3 Å². The summed E-state index contributed by atoms with van der Waals surface area (Å²) in [5.74, 6) is -2.20. The molecule has 0 bridgehead atoms. The van der Waals surface area contributed by atoms with E-state index in [2.05, 4.69) is 0 Å². The van der Waals surface area contributed by atoms with Crippen LogP contribution in [0.1, 0.15) is 19.8 Å². The second kappa shape index (κ2) is 7.17. The van der Waals surface area contributed by atoms with Gasteiger partial charge in [0, 0.05) is 0 Å². The van der Waals surface area contributed by atoms with Crippen molar-refractivity contribution in [3.63, 3.8) is 0 Å². The molecule has 3 atom stereocenters. The molecule has 7 heteroatoms. The summed E-state index contributed by atoms with van der Waals surface area (Å²) in [6.45, 7) is 1.54. The van der Waals surface area contributed by atoms with Crippen LogP contribution in [0.3, 0.4) is 0 Å². The largest absolute Gasteiger partial charge is 0.457 e. The first-order valence-electron chi connectivity index (χ1n) is 5.70. The first-order valence-corrected chi connectivity index (χ1v) is 6.83. The first-order chi connectivity index (χ1) is 8.84. The van der Waals surface area contributed by atoms with E-state index >= 15 is 0 Å². The van der Waals surface area contributed by atoms with Crippen LogP contribution in [0, 0.1) is 11.8 Å². The minimum atomic E-state index is -0.765. The Labute approximate surface area is 126 Å². The van der Waals surface area contributed by atoms with Gasteiger partial charge in [-0.1, -0.05) is 47.0 Å². The molecule has 1 aliphatic carbocycles. The van der Waals surface area contributed by atoms with Crippen LogP contribution in [0.15, 0.2) is 21.7 Å². The molecule has 1 amide bonds. The van der Waals surface area contributed by atoms with Crippen molar-refractivity contribution < 1.29 is 14.3 Å². The van der Waals surface area contributed by atoms with Crippen LogP contribution in [0.25, 0.3) is 0 Å². The third-order valence-electron chi connectivity index (χ3n) is 2.93. The zero-order chi connectivity index (χ0) is 14.6. The summed E-state index contributed by atoms with van der Waals surface area (Å²) in [5.41, 5.74) is 5.28. The highest BCUT2D eigenvalue weighted by Crippen LogP contribution is 2.29. The Morgan fingerprint density at radius 2 is 1.74 bits per heavy atom. The number of amides is 1. The molecule has 0 aromatic rings. The van der Waals surface area contributed by atoms with Gasteiger partial charge in [0.2, 0.25) is 5.91 Å². The maximum absolute atomic E-state index is 12.0. The Morgan fingerprint density at radius 3 is 2.21 bits per heavy atom. The summed E-state index contributed by atoms with van der Waals surface area (Å²) in [7, 11) is 0. The molecule has 4 nitrogen and oxygen atoms in total. The lowest BCUT2D eigenvalue weighted by molar-refractivity contribution is -0.155. The highest BCUT2D eigenvalue weighted by atomic mass is 35.5. The average molecular weight is 327 g/mol. The second-order valence-electron chi connectivity index (χ2n) is 4.25. The van der Waals surface area contributed by atoms with Gasteiger partial charge in [-0.15, -0.1) is 0 Å². The van der Waals surface area contributed by atoms with E-state index in [9.17, 15) is 9.59 Å². The number of hydrogen-bond donors (Lipinski definition) is 1. The van der Waals surface area contributed by atoms with Gasteiger partial charge in [0.05, 0.1) is 16.9 Å². The standard InChI is InChI=1S/C12H14Cl3NO3/c1-6(9(13)10(14)15)19-12(18)8-5-3-2-4-7(8)11(16)17/h2-3,6-8H,4-5H2,1H3,(H2,16,17)/t6-,7-,8+/m0/s1. The Bertz CT molecular complexity index is 430. The lowest BCUT2D eigenvalue weighted by Crippen LogP contribution is -2.37. The maximum atomic E-state index is 12.0. The molecule has 0 heterocycles.